The zero-order valence-corrected chi connectivity index (χ0v) is 7.33. The molecule has 0 heterocycles. The molecule has 0 aliphatic heterocycles. The van der Waals surface area contributed by atoms with Crippen molar-refractivity contribution < 1.29 is 0 Å². The van der Waals surface area contributed by atoms with Crippen molar-refractivity contribution in [3.05, 3.63) is 24.3 Å². The lowest BCUT2D eigenvalue weighted by Gasteiger charge is -2.24. The van der Waals surface area contributed by atoms with Crippen LogP contribution >= 0.6 is 0 Å². The first kappa shape index (κ1) is 7.61. The Labute approximate surface area is 73.4 Å². The predicted molar refractivity (Wildman–Crippen MR) is 48.2 cm³/mol. The van der Waals surface area contributed by atoms with E-state index in [9.17, 15) is 0 Å². The molecule has 1 heteroatoms. The van der Waals surface area contributed by atoms with Crippen LogP contribution in [-0.2, 0) is 0 Å². The van der Waals surface area contributed by atoms with E-state index >= 15 is 0 Å². The number of hydrogen-bond acceptors (Lipinski definition) is 1. The van der Waals surface area contributed by atoms with Gasteiger partial charge in [0.25, 0.3) is 0 Å². The van der Waals surface area contributed by atoms with E-state index in [4.69, 9.17) is 5.26 Å². The fourth-order valence-electron chi connectivity index (χ4n) is 2.06. The van der Waals surface area contributed by atoms with Crippen molar-refractivity contribution in [2.75, 3.05) is 0 Å². The van der Waals surface area contributed by atoms with Gasteiger partial charge in [0.1, 0.15) is 0 Å². The summed E-state index contributed by atoms with van der Waals surface area (Å²) in [6.45, 7) is 2.20. The second-order valence-corrected chi connectivity index (χ2v) is 3.92. The summed E-state index contributed by atoms with van der Waals surface area (Å²) in [6.07, 6.45) is 10.7. The third-order valence-corrected chi connectivity index (χ3v) is 3.06. The molecule has 0 radical (unpaired) electrons. The van der Waals surface area contributed by atoms with Crippen molar-refractivity contribution in [1.82, 2.24) is 0 Å². The summed E-state index contributed by atoms with van der Waals surface area (Å²) >= 11 is 0. The largest absolute Gasteiger partial charge is 0.198 e. The Morgan fingerprint density at radius 1 is 1.33 bits per heavy atom. The molecule has 1 nitrogen and oxygen atoms in total. The molecule has 0 aromatic rings. The van der Waals surface area contributed by atoms with E-state index in [0.29, 0.717) is 11.8 Å². The van der Waals surface area contributed by atoms with Crippen LogP contribution in [0.1, 0.15) is 19.8 Å². The summed E-state index contributed by atoms with van der Waals surface area (Å²) in [5, 5.41) is 9.02. The van der Waals surface area contributed by atoms with Crippen LogP contribution in [0.2, 0.25) is 0 Å². The molecular formula is C11H13N. The summed E-state index contributed by atoms with van der Waals surface area (Å²) in [5.41, 5.74) is 0.000671. The van der Waals surface area contributed by atoms with E-state index in [-0.39, 0.29) is 5.41 Å². The highest BCUT2D eigenvalue weighted by molar-refractivity contribution is 5.24. The molecule has 2 aliphatic carbocycles. The van der Waals surface area contributed by atoms with Crippen molar-refractivity contribution >= 4 is 0 Å². The van der Waals surface area contributed by atoms with Crippen LogP contribution in [0.25, 0.3) is 0 Å². The van der Waals surface area contributed by atoms with Crippen LogP contribution < -0.4 is 0 Å². The van der Waals surface area contributed by atoms with E-state index in [0.717, 1.165) is 12.8 Å². The Bertz CT molecular complexity index is 276. The number of hydrogen-bond donors (Lipinski definition) is 0. The van der Waals surface area contributed by atoms with Crippen LogP contribution in [0.3, 0.4) is 0 Å². The third kappa shape index (κ3) is 0.992. The van der Waals surface area contributed by atoms with Gasteiger partial charge < -0.3 is 0 Å². The molecular weight excluding hydrogens is 146 g/mol. The van der Waals surface area contributed by atoms with E-state index in [1.165, 1.54) is 0 Å². The highest BCUT2D eigenvalue weighted by Gasteiger charge is 2.50. The Hall–Kier alpha value is -1.03. The molecule has 0 amide bonds. The summed E-state index contributed by atoms with van der Waals surface area (Å²) in [4.78, 5) is 0. The second-order valence-electron chi connectivity index (χ2n) is 3.92. The normalized spacial score (nSPS) is 36.0. The van der Waals surface area contributed by atoms with E-state index in [1.54, 1.807) is 0 Å². The lowest BCUT2D eigenvalue weighted by molar-refractivity contribution is 0.380. The van der Waals surface area contributed by atoms with E-state index in [1.807, 2.05) is 0 Å². The number of allylic oxidation sites excluding steroid dienone is 4. The maximum absolute atomic E-state index is 9.02. The topological polar surface area (TPSA) is 23.8 Å². The summed E-state index contributed by atoms with van der Waals surface area (Å²) in [6, 6.07) is 2.47. The molecule has 0 saturated heterocycles. The van der Waals surface area contributed by atoms with Crippen molar-refractivity contribution in [2.24, 2.45) is 17.3 Å². The monoisotopic (exact) mass is 159 g/mol. The standard InChI is InChI=1S/C11H13N/c1-9-4-2-3-5-10(9)11(8-12)6-7-11/h2-5,9-10H,6-7H2,1H3. The molecule has 1 fully saturated rings. The minimum absolute atomic E-state index is 0.000671. The number of rotatable bonds is 1. The Morgan fingerprint density at radius 2 is 2.00 bits per heavy atom. The van der Waals surface area contributed by atoms with Crippen molar-refractivity contribution in [3.8, 4) is 6.07 Å². The Balaban J connectivity index is 2.20. The zero-order valence-electron chi connectivity index (χ0n) is 7.33. The average molecular weight is 159 g/mol. The molecule has 12 heavy (non-hydrogen) atoms. The first-order chi connectivity index (χ1) is 5.78. The molecule has 2 atom stereocenters. The van der Waals surface area contributed by atoms with E-state index < -0.39 is 0 Å². The maximum Gasteiger partial charge on any atom is 0.0696 e. The molecule has 2 aliphatic rings. The lowest BCUT2D eigenvalue weighted by Crippen LogP contribution is -2.19. The van der Waals surface area contributed by atoms with Crippen LogP contribution in [0.15, 0.2) is 24.3 Å². The van der Waals surface area contributed by atoms with Crippen LogP contribution in [0, 0.1) is 28.6 Å². The molecule has 0 spiro atoms. The van der Waals surface area contributed by atoms with Gasteiger partial charge in [-0.25, -0.2) is 0 Å². The maximum atomic E-state index is 9.02. The van der Waals surface area contributed by atoms with Crippen molar-refractivity contribution in [3.63, 3.8) is 0 Å². The van der Waals surface area contributed by atoms with Crippen LogP contribution in [0.4, 0.5) is 0 Å². The first-order valence-electron chi connectivity index (χ1n) is 4.55. The highest BCUT2D eigenvalue weighted by atomic mass is 14.5. The van der Waals surface area contributed by atoms with Gasteiger partial charge in [0.2, 0.25) is 0 Å². The van der Waals surface area contributed by atoms with Gasteiger partial charge in [-0.05, 0) is 18.8 Å². The SMILES string of the molecule is CC1C=CC=CC1C1(C#N)CC1. The van der Waals surface area contributed by atoms with Gasteiger partial charge in [0, 0.05) is 5.92 Å². The van der Waals surface area contributed by atoms with Crippen molar-refractivity contribution in [1.29, 1.82) is 5.26 Å². The Morgan fingerprint density at radius 3 is 2.50 bits per heavy atom. The molecule has 0 bridgehead atoms. The molecule has 0 N–H and O–H groups in total. The molecule has 0 aromatic heterocycles. The lowest BCUT2D eigenvalue weighted by atomic mass is 9.78. The molecule has 0 aromatic carbocycles. The van der Waals surface area contributed by atoms with Gasteiger partial charge >= 0.3 is 0 Å². The van der Waals surface area contributed by atoms with Gasteiger partial charge in [-0.2, -0.15) is 5.26 Å². The summed E-state index contributed by atoms with van der Waals surface area (Å²) in [5.74, 6) is 1.00. The smallest absolute Gasteiger partial charge is 0.0696 e. The fourth-order valence-corrected chi connectivity index (χ4v) is 2.06. The molecule has 1 saturated carbocycles. The minimum Gasteiger partial charge on any atom is -0.198 e. The van der Waals surface area contributed by atoms with Gasteiger partial charge in [-0.1, -0.05) is 31.2 Å². The summed E-state index contributed by atoms with van der Waals surface area (Å²) < 4.78 is 0. The highest BCUT2D eigenvalue weighted by Crippen LogP contribution is 2.55. The fraction of sp³-hybridized carbons (Fsp3) is 0.545. The van der Waals surface area contributed by atoms with Gasteiger partial charge in [0.05, 0.1) is 11.5 Å². The number of nitrogens with zero attached hydrogens (tertiary/aromatic N) is 1. The van der Waals surface area contributed by atoms with Crippen molar-refractivity contribution in [2.45, 2.75) is 19.8 Å². The van der Waals surface area contributed by atoms with Gasteiger partial charge in [0.15, 0.2) is 0 Å². The first-order valence-corrected chi connectivity index (χ1v) is 4.55. The Kier molecular flexibility index (Phi) is 1.58. The quantitative estimate of drug-likeness (QED) is 0.577. The predicted octanol–water partition coefficient (Wildman–Crippen LogP) is 2.67. The second kappa shape index (κ2) is 2.48. The van der Waals surface area contributed by atoms with Crippen LogP contribution in [-0.4, -0.2) is 0 Å². The minimum atomic E-state index is 0.000671. The van der Waals surface area contributed by atoms with Gasteiger partial charge in [-0.15, -0.1) is 0 Å². The third-order valence-electron chi connectivity index (χ3n) is 3.06. The molecule has 2 unspecified atom stereocenters. The van der Waals surface area contributed by atoms with E-state index in [2.05, 4.69) is 37.3 Å². The molecule has 62 valence electrons. The number of nitriles is 1. The van der Waals surface area contributed by atoms with Gasteiger partial charge in [-0.3, -0.25) is 0 Å². The summed E-state index contributed by atoms with van der Waals surface area (Å²) in [7, 11) is 0. The molecule has 2 rings (SSSR count). The average Bonchev–Trinajstić information content (AvgIpc) is 2.86. The van der Waals surface area contributed by atoms with Crippen LogP contribution in [0.5, 0.6) is 0 Å². The zero-order chi connectivity index (χ0) is 8.60.